The van der Waals surface area contributed by atoms with Crippen LogP contribution in [-0.2, 0) is 13.0 Å². The van der Waals surface area contributed by atoms with E-state index in [-0.39, 0.29) is 24.0 Å². The zero-order valence-electron chi connectivity index (χ0n) is 7.81. The Morgan fingerprint density at radius 2 is 2.29 bits per heavy atom. The smallest absolute Gasteiger partial charge is 0.290 e. The lowest BCUT2D eigenvalue weighted by molar-refractivity contribution is 0.293. The van der Waals surface area contributed by atoms with E-state index in [2.05, 4.69) is 0 Å². The van der Waals surface area contributed by atoms with Crippen molar-refractivity contribution in [2.24, 2.45) is 5.73 Å². The number of rotatable bonds is 2. The van der Waals surface area contributed by atoms with Crippen LogP contribution < -0.4 is 17.0 Å². The van der Waals surface area contributed by atoms with Gasteiger partial charge in [0.25, 0.3) is 5.56 Å². The van der Waals surface area contributed by atoms with Crippen molar-refractivity contribution in [3.8, 4) is 0 Å². The Hall–Kier alpha value is -1.27. The van der Waals surface area contributed by atoms with Gasteiger partial charge in [0.2, 0.25) is 0 Å². The van der Waals surface area contributed by atoms with Crippen LogP contribution in [0.1, 0.15) is 18.3 Å². The first-order valence-electron chi connectivity index (χ1n) is 4.63. The molecule has 0 amide bonds. The van der Waals surface area contributed by atoms with Gasteiger partial charge in [-0.1, -0.05) is 0 Å². The summed E-state index contributed by atoms with van der Waals surface area (Å²) in [6, 6.07) is 0. The van der Waals surface area contributed by atoms with Crippen LogP contribution in [0.25, 0.3) is 0 Å². The van der Waals surface area contributed by atoms with E-state index >= 15 is 0 Å². The van der Waals surface area contributed by atoms with Crippen LogP contribution in [0.15, 0.2) is 4.79 Å². The summed E-state index contributed by atoms with van der Waals surface area (Å²) in [5, 5.41) is 8.85. The zero-order chi connectivity index (χ0) is 10.3. The highest BCUT2D eigenvalue weighted by atomic mass is 16.3. The van der Waals surface area contributed by atoms with Gasteiger partial charge in [0.1, 0.15) is 5.69 Å². The van der Waals surface area contributed by atoms with Crippen LogP contribution in [0.3, 0.4) is 0 Å². The molecular formula is C8H14N4O2. The fourth-order valence-electron chi connectivity index (χ4n) is 1.95. The van der Waals surface area contributed by atoms with Crippen molar-refractivity contribution in [3.05, 3.63) is 16.0 Å². The van der Waals surface area contributed by atoms with E-state index < -0.39 is 0 Å². The molecule has 0 aliphatic carbocycles. The first-order chi connectivity index (χ1) is 6.66. The second kappa shape index (κ2) is 3.14. The fraction of sp³-hybridized carbons (Fsp3) is 0.625. The van der Waals surface area contributed by atoms with Crippen molar-refractivity contribution in [1.29, 1.82) is 0 Å². The van der Waals surface area contributed by atoms with Gasteiger partial charge in [-0.25, -0.2) is 4.68 Å². The molecule has 0 radical (unpaired) electrons. The summed E-state index contributed by atoms with van der Waals surface area (Å²) in [6.07, 6.45) is 0.928. The Balaban J connectivity index is 2.59. The number of nitrogens with two attached hydrogens (primary N) is 2. The third-order valence-electron chi connectivity index (χ3n) is 2.61. The molecule has 1 aliphatic rings. The normalized spacial score (nSPS) is 20.0. The molecule has 5 N–H and O–H groups in total. The highest BCUT2D eigenvalue weighted by Crippen LogP contribution is 2.20. The SMILES string of the molecule is Nc1c(CCO)n2n(c1=O)CCC2N. The topological polar surface area (TPSA) is 99.2 Å². The molecule has 0 saturated carbocycles. The Morgan fingerprint density at radius 1 is 1.57 bits per heavy atom. The van der Waals surface area contributed by atoms with E-state index in [1.807, 2.05) is 0 Å². The second-order valence-corrected chi connectivity index (χ2v) is 3.46. The number of aromatic nitrogens is 2. The lowest BCUT2D eigenvalue weighted by atomic mass is 10.2. The predicted molar refractivity (Wildman–Crippen MR) is 51.7 cm³/mol. The summed E-state index contributed by atoms with van der Waals surface area (Å²) < 4.78 is 3.25. The van der Waals surface area contributed by atoms with Crippen LogP contribution in [0, 0.1) is 0 Å². The van der Waals surface area contributed by atoms with E-state index in [1.165, 1.54) is 0 Å². The molecule has 0 aromatic carbocycles. The molecule has 0 saturated heterocycles. The number of fused-ring (bicyclic) bond motifs is 1. The molecule has 78 valence electrons. The van der Waals surface area contributed by atoms with Crippen molar-refractivity contribution in [1.82, 2.24) is 9.36 Å². The average molecular weight is 198 g/mol. The van der Waals surface area contributed by atoms with Gasteiger partial charge in [0.05, 0.1) is 11.9 Å². The van der Waals surface area contributed by atoms with E-state index in [4.69, 9.17) is 16.6 Å². The molecule has 1 unspecified atom stereocenters. The lowest BCUT2D eigenvalue weighted by Crippen LogP contribution is -2.22. The highest BCUT2D eigenvalue weighted by Gasteiger charge is 2.25. The molecule has 14 heavy (non-hydrogen) atoms. The molecule has 2 rings (SSSR count). The van der Waals surface area contributed by atoms with Crippen LogP contribution in [-0.4, -0.2) is 21.1 Å². The molecule has 0 spiro atoms. The minimum Gasteiger partial charge on any atom is -0.396 e. The summed E-state index contributed by atoms with van der Waals surface area (Å²) in [4.78, 5) is 11.6. The van der Waals surface area contributed by atoms with Crippen molar-refractivity contribution >= 4 is 5.69 Å². The Morgan fingerprint density at radius 3 is 2.93 bits per heavy atom. The molecule has 1 aliphatic heterocycles. The molecule has 1 aromatic heterocycles. The van der Waals surface area contributed by atoms with Crippen LogP contribution in [0.2, 0.25) is 0 Å². The molecule has 1 atom stereocenters. The Bertz CT molecular complexity index is 406. The standard InChI is InChI=1S/C8H14N4O2/c9-6-1-3-11-8(14)7(10)5(2-4-13)12(6)11/h6,13H,1-4,9-10H2. The summed E-state index contributed by atoms with van der Waals surface area (Å²) in [5.74, 6) is 0. The lowest BCUT2D eigenvalue weighted by Gasteiger charge is -2.10. The van der Waals surface area contributed by atoms with E-state index in [0.29, 0.717) is 18.7 Å². The third kappa shape index (κ3) is 1.08. The fourth-order valence-corrected chi connectivity index (χ4v) is 1.95. The maximum absolute atomic E-state index is 11.6. The van der Waals surface area contributed by atoms with Gasteiger partial charge >= 0.3 is 0 Å². The number of aliphatic hydroxyl groups is 1. The summed E-state index contributed by atoms with van der Waals surface area (Å²) >= 11 is 0. The molecular weight excluding hydrogens is 184 g/mol. The molecule has 6 heteroatoms. The predicted octanol–water partition coefficient (Wildman–Crippen LogP) is -1.37. The second-order valence-electron chi connectivity index (χ2n) is 3.46. The first-order valence-corrected chi connectivity index (χ1v) is 4.63. The average Bonchev–Trinajstić information content (AvgIpc) is 2.63. The third-order valence-corrected chi connectivity index (χ3v) is 2.61. The minimum absolute atomic E-state index is 0.0274. The van der Waals surface area contributed by atoms with Gasteiger partial charge in [-0.3, -0.25) is 9.48 Å². The van der Waals surface area contributed by atoms with Crippen molar-refractivity contribution in [2.45, 2.75) is 25.6 Å². The van der Waals surface area contributed by atoms with E-state index in [0.717, 1.165) is 6.42 Å². The number of nitrogens with zero attached hydrogens (tertiary/aromatic N) is 2. The molecule has 0 bridgehead atoms. The number of hydrogen-bond donors (Lipinski definition) is 3. The number of aliphatic hydroxyl groups excluding tert-OH is 1. The Labute approximate surface area is 80.7 Å². The monoisotopic (exact) mass is 198 g/mol. The van der Waals surface area contributed by atoms with Crippen LogP contribution in [0.5, 0.6) is 0 Å². The van der Waals surface area contributed by atoms with Gasteiger partial charge in [-0.2, -0.15) is 0 Å². The largest absolute Gasteiger partial charge is 0.396 e. The van der Waals surface area contributed by atoms with Crippen molar-refractivity contribution in [3.63, 3.8) is 0 Å². The number of hydrogen-bond acceptors (Lipinski definition) is 4. The summed E-state index contributed by atoms with van der Waals surface area (Å²) in [7, 11) is 0. The Kier molecular flexibility index (Phi) is 2.09. The first kappa shape index (κ1) is 9.29. The van der Waals surface area contributed by atoms with Crippen molar-refractivity contribution in [2.75, 3.05) is 12.3 Å². The van der Waals surface area contributed by atoms with Gasteiger partial charge in [0.15, 0.2) is 0 Å². The van der Waals surface area contributed by atoms with Gasteiger partial charge in [-0.05, 0) is 0 Å². The molecule has 2 heterocycles. The number of anilines is 1. The van der Waals surface area contributed by atoms with Gasteiger partial charge < -0.3 is 16.6 Å². The summed E-state index contributed by atoms with van der Waals surface area (Å²) in [6.45, 7) is 0.579. The summed E-state index contributed by atoms with van der Waals surface area (Å²) in [5.41, 5.74) is 12.1. The van der Waals surface area contributed by atoms with Crippen LogP contribution in [0.4, 0.5) is 5.69 Å². The highest BCUT2D eigenvalue weighted by molar-refractivity contribution is 5.42. The van der Waals surface area contributed by atoms with E-state index in [1.54, 1.807) is 9.36 Å². The molecule has 6 nitrogen and oxygen atoms in total. The maximum atomic E-state index is 11.6. The zero-order valence-corrected chi connectivity index (χ0v) is 7.81. The van der Waals surface area contributed by atoms with Crippen LogP contribution >= 0.6 is 0 Å². The van der Waals surface area contributed by atoms with Crippen molar-refractivity contribution < 1.29 is 5.11 Å². The quantitative estimate of drug-likeness (QED) is 0.545. The minimum atomic E-state index is -0.193. The van der Waals surface area contributed by atoms with Gasteiger partial charge in [0, 0.05) is 26.0 Å². The molecule has 1 aromatic rings. The number of nitrogen functional groups attached to an aromatic ring is 1. The maximum Gasteiger partial charge on any atom is 0.290 e. The molecule has 0 fully saturated rings. The van der Waals surface area contributed by atoms with E-state index in [9.17, 15) is 4.79 Å². The van der Waals surface area contributed by atoms with Gasteiger partial charge in [-0.15, -0.1) is 0 Å².